The molecule has 0 spiro atoms. The Kier molecular flexibility index (Phi) is 7.45. The van der Waals surface area contributed by atoms with Crippen molar-refractivity contribution in [2.24, 2.45) is 0 Å². The van der Waals surface area contributed by atoms with Crippen LogP contribution >= 0.6 is 0 Å². The van der Waals surface area contributed by atoms with Crippen molar-refractivity contribution in [2.45, 2.75) is 20.3 Å². The quantitative estimate of drug-likeness (QED) is 0.696. The lowest BCUT2D eigenvalue weighted by atomic mass is 10.1. The number of rotatable bonds is 9. The van der Waals surface area contributed by atoms with Crippen molar-refractivity contribution in [3.05, 3.63) is 29.6 Å². The lowest BCUT2D eigenvalue weighted by Gasteiger charge is -2.14. The van der Waals surface area contributed by atoms with Gasteiger partial charge in [0.05, 0.1) is 0 Å². The standard InChI is InChI=1S/C15H25FN2O/c1-4-13-6-7-15(14(16)12-13)19-11-9-17-8-10-18(3)5-2/h6-7,12,17H,4-5,8-11H2,1-3H3. The first-order valence-corrected chi connectivity index (χ1v) is 6.97. The highest BCUT2D eigenvalue weighted by Gasteiger charge is 2.03. The molecule has 0 aromatic heterocycles. The second-order valence-electron chi connectivity index (χ2n) is 4.61. The van der Waals surface area contributed by atoms with Crippen LogP contribution in [0.2, 0.25) is 0 Å². The van der Waals surface area contributed by atoms with E-state index in [1.54, 1.807) is 12.1 Å². The molecule has 0 aliphatic heterocycles. The van der Waals surface area contributed by atoms with E-state index >= 15 is 0 Å². The van der Waals surface area contributed by atoms with Crippen LogP contribution in [0.5, 0.6) is 5.75 Å². The summed E-state index contributed by atoms with van der Waals surface area (Å²) in [5.74, 6) is 0.0646. The monoisotopic (exact) mass is 268 g/mol. The van der Waals surface area contributed by atoms with Gasteiger partial charge in [-0.3, -0.25) is 0 Å². The molecule has 0 heterocycles. The molecule has 19 heavy (non-hydrogen) atoms. The Balaban J connectivity index is 2.19. The predicted molar refractivity (Wildman–Crippen MR) is 77.3 cm³/mol. The van der Waals surface area contributed by atoms with Gasteiger partial charge in [-0.2, -0.15) is 0 Å². The van der Waals surface area contributed by atoms with Crippen LogP contribution in [0.4, 0.5) is 4.39 Å². The van der Waals surface area contributed by atoms with E-state index in [1.807, 2.05) is 13.0 Å². The third kappa shape index (κ3) is 6.03. The SMILES string of the molecule is CCc1ccc(OCCNCCN(C)CC)c(F)c1. The molecule has 1 aromatic carbocycles. The van der Waals surface area contributed by atoms with Gasteiger partial charge in [-0.15, -0.1) is 0 Å². The number of ether oxygens (including phenoxy) is 1. The Morgan fingerprint density at radius 3 is 2.68 bits per heavy atom. The van der Waals surface area contributed by atoms with E-state index < -0.39 is 0 Å². The average molecular weight is 268 g/mol. The Labute approximate surface area is 115 Å². The molecule has 0 aliphatic carbocycles. The number of hydrogen-bond donors (Lipinski definition) is 1. The molecule has 0 bridgehead atoms. The zero-order valence-electron chi connectivity index (χ0n) is 12.2. The zero-order valence-corrected chi connectivity index (χ0v) is 12.2. The first-order chi connectivity index (χ1) is 9.17. The molecule has 0 atom stereocenters. The molecule has 0 saturated heterocycles. The van der Waals surface area contributed by atoms with E-state index in [2.05, 4.69) is 24.2 Å². The highest BCUT2D eigenvalue weighted by Crippen LogP contribution is 2.18. The van der Waals surface area contributed by atoms with Gasteiger partial charge in [0.1, 0.15) is 6.61 Å². The normalized spacial score (nSPS) is 11.0. The van der Waals surface area contributed by atoms with Crippen LogP contribution in [-0.4, -0.2) is 44.7 Å². The maximum absolute atomic E-state index is 13.6. The number of aryl methyl sites for hydroxylation is 1. The number of benzene rings is 1. The summed E-state index contributed by atoms with van der Waals surface area (Å²) in [4.78, 5) is 2.23. The molecule has 0 aliphatic rings. The molecule has 1 rings (SSSR count). The lowest BCUT2D eigenvalue weighted by Crippen LogP contribution is -2.31. The van der Waals surface area contributed by atoms with Crippen LogP contribution < -0.4 is 10.1 Å². The first kappa shape index (κ1) is 15.9. The highest BCUT2D eigenvalue weighted by molar-refractivity contribution is 5.29. The lowest BCUT2D eigenvalue weighted by molar-refractivity contribution is 0.291. The third-order valence-electron chi connectivity index (χ3n) is 3.15. The van der Waals surface area contributed by atoms with Crippen molar-refractivity contribution >= 4 is 0 Å². The van der Waals surface area contributed by atoms with Crippen LogP contribution in [0, 0.1) is 5.82 Å². The topological polar surface area (TPSA) is 24.5 Å². The second kappa shape index (κ2) is 8.88. The van der Waals surface area contributed by atoms with Gasteiger partial charge in [0, 0.05) is 19.6 Å². The van der Waals surface area contributed by atoms with E-state index in [0.717, 1.165) is 38.2 Å². The molecule has 0 fully saturated rings. The minimum atomic E-state index is -0.273. The van der Waals surface area contributed by atoms with Crippen molar-refractivity contribution in [1.82, 2.24) is 10.2 Å². The number of likely N-dealkylation sites (N-methyl/N-ethyl adjacent to an activating group) is 1. The molecule has 3 nitrogen and oxygen atoms in total. The number of hydrogen-bond acceptors (Lipinski definition) is 3. The van der Waals surface area contributed by atoms with E-state index in [9.17, 15) is 4.39 Å². The van der Waals surface area contributed by atoms with Gasteiger partial charge in [-0.05, 0) is 37.7 Å². The maximum Gasteiger partial charge on any atom is 0.165 e. The summed E-state index contributed by atoms with van der Waals surface area (Å²) >= 11 is 0. The Hall–Kier alpha value is -1.13. The Morgan fingerprint density at radius 2 is 2.05 bits per heavy atom. The second-order valence-corrected chi connectivity index (χ2v) is 4.61. The number of halogens is 1. The fourth-order valence-electron chi connectivity index (χ4n) is 1.67. The van der Waals surface area contributed by atoms with Crippen LogP contribution in [0.15, 0.2) is 18.2 Å². The summed E-state index contributed by atoms with van der Waals surface area (Å²) in [7, 11) is 2.09. The number of nitrogens with zero attached hydrogens (tertiary/aromatic N) is 1. The van der Waals surface area contributed by atoms with Gasteiger partial charge in [-0.1, -0.05) is 19.9 Å². The maximum atomic E-state index is 13.6. The van der Waals surface area contributed by atoms with E-state index in [0.29, 0.717) is 12.4 Å². The molecule has 0 radical (unpaired) electrons. The zero-order chi connectivity index (χ0) is 14.1. The van der Waals surface area contributed by atoms with Crippen LogP contribution in [-0.2, 0) is 6.42 Å². The van der Waals surface area contributed by atoms with Gasteiger partial charge < -0.3 is 15.0 Å². The van der Waals surface area contributed by atoms with Gasteiger partial charge in [0.2, 0.25) is 0 Å². The van der Waals surface area contributed by atoms with Crippen molar-refractivity contribution in [3.63, 3.8) is 0 Å². The summed E-state index contributed by atoms with van der Waals surface area (Å²) in [5, 5.41) is 3.27. The summed E-state index contributed by atoms with van der Waals surface area (Å²) < 4.78 is 19.0. The van der Waals surface area contributed by atoms with Gasteiger partial charge in [0.15, 0.2) is 11.6 Å². The Bertz CT molecular complexity index is 371. The predicted octanol–water partition coefficient (Wildman–Crippen LogP) is 2.31. The molecule has 4 heteroatoms. The molecule has 108 valence electrons. The first-order valence-electron chi connectivity index (χ1n) is 6.97. The largest absolute Gasteiger partial charge is 0.489 e. The molecular weight excluding hydrogens is 243 g/mol. The molecular formula is C15H25FN2O. The molecule has 0 amide bonds. The third-order valence-corrected chi connectivity index (χ3v) is 3.15. The van der Waals surface area contributed by atoms with Gasteiger partial charge >= 0.3 is 0 Å². The summed E-state index contributed by atoms with van der Waals surface area (Å²) in [5.41, 5.74) is 0.991. The summed E-state index contributed by atoms with van der Waals surface area (Å²) in [6, 6.07) is 5.15. The van der Waals surface area contributed by atoms with Crippen molar-refractivity contribution in [2.75, 3.05) is 39.8 Å². The average Bonchev–Trinajstić information content (AvgIpc) is 2.43. The molecule has 0 saturated carbocycles. The molecule has 1 aromatic rings. The fourth-order valence-corrected chi connectivity index (χ4v) is 1.67. The van der Waals surface area contributed by atoms with Crippen LogP contribution in [0.25, 0.3) is 0 Å². The van der Waals surface area contributed by atoms with E-state index in [1.165, 1.54) is 0 Å². The van der Waals surface area contributed by atoms with E-state index in [4.69, 9.17) is 4.74 Å². The smallest absolute Gasteiger partial charge is 0.165 e. The van der Waals surface area contributed by atoms with E-state index in [-0.39, 0.29) is 5.82 Å². The highest BCUT2D eigenvalue weighted by atomic mass is 19.1. The Morgan fingerprint density at radius 1 is 1.26 bits per heavy atom. The van der Waals surface area contributed by atoms with Crippen molar-refractivity contribution in [1.29, 1.82) is 0 Å². The number of nitrogens with one attached hydrogen (secondary N) is 1. The molecule has 0 unspecified atom stereocenters. The minimum Gasteiger partial charge on any atom is -0.489 e. The molecule has 1 N–H and O–H groups in total. The minimum absolute atomic E-state index is 0.273. The van der Waals surface area contributed by atoms with Gasteiger partial charge in [0.25, 0.3) is 0 Å². The van der Waals surface area contributed by atoms with Crippen molar-refractivity contribution in [3.8, 4) is 5.75 Å². The fraction of sp³-hybridized carbons (Fsp3) is 0.600. The summed E-state index contributed by atoms with van der Waals surface area (Å²) in [6.45, 7) is 8.33. The van der Waals surface area contributed by atoms with Crippen LogP contribution in [0.1, 0.15) is 19.4 Å². The van der Waals surface area contributed by atoms with Gasteiger partial charge in [-0.25, -0.2) is 4.39 Å². The summed E-state index contributed by atoms with van der Waals surface area (Å²) in [6.07, 6.45) is 0.837. The van der Waals surface area contributed by atoms with Crippen LogP contribution in [0.3, 0.4) is 0 Å². The van der Waals surface area contributed by atoms with Crippen molar-refractivity contribution < 1.29 is 9.13 Å².